The van der Waals surface area contributed by atoms with Gasteiger partial charge in [-0.15, -0.1) is 0 Å². The van der Waals surface area contributed by atoms with Crippen LogP contribution < -0.4 is 0 Å². The smallest absolute Gasteiger partial charge is 0.230 e. The summed E-state index contributed by atoms with van der Waals surface area (Å²) in [4.78, 5) is 0. The van der Waals surface area contributed by atoms with Crippen LogP contribution in [0.25, 0.3) is 0 Å². The third-order valence-electron chi connectivity index (χ3n) is 11.7. The fraction of sp³-hybridized carbons (Fsp3) is 0.879. The van der Waals surface area contributed by atoms with E-state index in [2.05, 4.69) is 26.8 Å². The van der Waals surface area contributed by atoms with Crippen molar-refractivity contribution in [2.45, 2.75) is 126 Å². The molecule has 4 aliphatic heterocycles. The van der Waals surface area contributed by atoms with Gasteiger partial charge in [-0.25, -0.2) is 0 Å². The Morgan fingerprint density at radius 3 is 2.48 bits per heavy atom. The second-order valence-corrected chi connectivity index (χ2v) is 14.9. The minimum absolute atomic E-state index is 0.0440. The lowest BCUT2D eigenvalue weighted by Gasteiger charge is -2.50. The first kappa shape index (κ1) is 31.6. The van der Waals surface area contributed by atoms with Crippen molar-refractivity contribution in [2.24, 2.45) is 23.2 Å². The van der Waals surface area contributed by atoms with Crippen LogP contribution >= 0.6 is 0 Å². The van der Waals surface area contributed by atoms with Gasteiger partial charge in [-0.05, 0) is 61.5 Å². The van der Waals surface area contributed by atoms with Gasteiger partial charge in [-0.1, -0.05) is 39.3 Å². The van der Waals surface area contributed by atoms with E-state index in [1.54, 1.807) is 14.2 Å². The molecule has 7 rings (SSSR count). The first-order valence-corrected chi connectivity index (χ1v) is 16.3. The Hall–Kier alpha value is -0.960. The lowest BCUT2D eigenvalue weighted by molar-refractivity contribution is -0.385. The quantitative estimate of drug-likeness (QED) is 0.271. The van der Waals surface area contributed by atoms with Crippen LogP contribution in [0.1, 0.15) is 60.3 Å². The van der Waals surface area contributed by atoms with E-state index in [0.29, 0.717) is 13.0 Å². The van der Waals surface area contributed by atoms with Gasteiger partial charge >= 0.3 is 0 Å². The van der Waals surface area contributed by atoms with Gasteiger partial charge in [0.2, 0.25) is 5.79 Å². The maximum Gasteiger partial charge on any atom is 0.230 e. The molecule has 4 heterocycles. The number of ether oxygens (including phenoxy) is 8. The zero-order valence-corrected chi connectivity index (χ0v) is 27.0. The Balaban J connectivity index is 1.25. The molecule has 7 aliphatic rings. The number of aliphatic hydroxyl groups is 3. The fourth-order valence-corrected chi connectivity index (χ4v) is 9.18. The van der Waals surface area contributed by atoms with E-state index >= 15 is 0 Å². The van der Waals surface area contributed by atoms with E-state index in [4.69, 9.17) is 37.9 Å². The molecule has 44 heavy (non-hydrogen) atoms. The summed E-state index contributed by atoms with van der Waals surface area (Å²) in [5.74, 6) is -1.45. The van der Waals surface area contributed by atoms with Crippen molar-refractivity contribution in [3.05, 3.63) is 22.8 Å². The molecule has 0 aromatic carbocycles. The Bertz CT molecular complexity index is 1200. The summed E-state index contributed by atoms with van der Waals surface area (Å²) in [5, 5.41) is 35.7. The molecule has 3 aliphatic carbocycles. The average molecular weight is 623 g/mol. The number of methoxy groups -OCH3 is 2. The topological polar surface area (TPSA) is 138 Å². The Labute approximate surface area is 259 Å². The first-order chi connectivity index (χ1) is 20.8. The Kier molecular flexibility index (Phi) is 7.75. The molecule has 0 amide bonds. The predicted molar refractivity (Wildman–Crippen MR) is 155 cm³/mol. The summed E-state index contributed by atoms with van der Waals surface area (Å²) in [7, 11) is 3.19. The van der Waals surface area contributed by atoms with E-state index in [0.717, 1.165) is 30.4 Å². The van der Waals surface area contributed by atoms with E-state index in [9.17, 15) is 15.3 Å². The zero-order chi connectivity index (χ0) is 31.4. The third kappa shape index (κ3) is 4.49. The zero-order valence-electron chi connectivity index (χ0n) is 27.0. The lowest BCUT2D eigenvalue weighted by atomic mass is 9.68. The predicted octanol–water partition coefficient (Wildman–Crippen LogP) is 2.21. The van der Waals surface area contributed by atoms with Crippen LogP contribution in [-0.2, 0) is 37.9 Å². The van der Waals surface area contributed by atoms with Crippen molar-refractivity contribution >= 4 is 0 Å². The van der Waals surface area contributed by atoms with Gasteiger partial charge < -0.3 is 53.2 Å². The van der Waals surface area contributed by atoms with Crippen LogP contribution in [0.15, 0.2) is 22.8 Å². The molecule has 0 unspecified atom stereocenters. The molecule has 0 aromatic rings. The molecule has 4 saturated heterocycles. The van der Waals surface area contributed by atoms with Crippen molar-refractivity contribution < 1.29 is 53.2 Å². The van der Waals surface area contributed by atoms with E-state index in [1.165, 1.54) is 5.57 Å². The fourth-order valence-electron chi connectivity index (χ4n) is 9.18. The van der Waals surface area contributed by atoms with Crippen molar-refractivity contribution in [3.8, 4) is 0 Å². The number of hydrogen-bond donors (Lipinski definition) is 3. The summed E-state index contributed by atoms with van der Waals surface area (Å²) >= 11 is 0. The second-order valence-electron chi connectivity index (χ2n) is 14.9. The Morgan fingerprint density at radius 2 is 1.82 bits per heavy atom. The Morgan fingerprint density at radius 1 is 1.07 bits per heavy atom. The number of rotatable bonds is 8. The van der Waals surface area contributed by atoms with Gasteiger partial charge in [0.1, 0.15) is 41.7 Å². The lowest BCUT2D eigenvalue weighted by Crippen LogP contribution is -2.70. The minimum Gasteiger partial charge on any atom is -0.390 e. The molecule has 11 heteroatoms. The van der Waals surface area contributed by atoms with E-state index in [-0.39, 0.29) is 37.1 Å². The van der Waals surface area contributed by atoms with E-state index < -0.39 is 65.5 Å². The molecule has 3 N–H and O–H groups in total. The maximum atomic E-state index is 12.2. The minimum atomic E-state index is -1.38. The second kappa shape index (κ2) is 10.8. The monoisotopic (exact) mass is 622 g/mol. The highest BCUT2D eigenvalue weighted by atomic mass is 16.9. The van der Waals surface area contributed by atoms with Crippen molar-refractivity contribution in [3.63, 3.8) is 0 Å². The number of epoxide rings is 1. The maximum absolute atomic E-state index is 12.2. The summed E-state index contributed by atoms with van der Waals surface area (Å²) in [6.07, 6.45) is -1.41. The molecule has 14 atom stereocenters. The number of allylic oxidation sites excluding steroid dienone is 2. The van der Waals surface area contributed by atoms with Gasteiger partial charge in [0.15, 0.2) is 12.6 Å². The van der Waals surface area contributed by atoms with E-state index in [1.807, 2.05) is 13.8 Å². The van der Waals surface area contributed by atoms with Crippen molar-refractivity contribution in [2.75, 3.05) is 34.0 Å². The van der Waals surface area contributed by atoms with Crippen LogP contribution in [0, 0.1) is 23.2 Å². The number of fused-ring (bicyclic) bond motifs is 3. The van der Waals surface area contributed by atoms with Crippen molar-refractivity contribution in [1.29, 1.82) is 0 Å². The van der Waals surface area contributed by atoms with Gasteiger partial charge in [0, 0.05) is 19.6 Å². The van der Waals surface area contributed by atoms with Gasteiger partial charge in [-0.3, -0.25) is 0 Å². The van der Waals surface area contributed by atoms with Crippen LogP contribution in [0.3, 0.4) is 0 Å². The highest BCUT2D eigenvalue weighted by Gasteiger charge is 2.77. The molecule has 0 radical (unpaired) electrons. The van der Waals surface area contributed by atoms with Gasteiger partial charge in [-0.2, -0.15) is 0 Å². The van der Waals surface area contributed by atoms with Crippen LogP contribution in [-0.4, -0.2) is 116 Å². The highest BCUT2D eigenvalue weighted by molar-refractivity contribution is 5.42. The highest BCUT2D eigenvalue weighted by Crippen LogP contribution is 2.59. The molecule has 5 fully saturated rings. The van der Waals surface area contributed by atoms with Gasteiger partial charge in [0.05, 0.1) is 25.9 Å². The molecule has 0 aromatic heterocycles. The molecule has 2 bridgehead atoms. The SMILES string of the molecule is COC[C@@H]1O[C@H](O[C@H]2C3=C(C(C)C)CC[C@@]3(C)C=C3[C@@H](CC[C@]3(O)COC)[C@@H](C)[C@H]2O)[C@H](O)[C@H]2O[C@@H]3O[C@]12O[C@]3(C)[C@@H]1CO1. The molecule has 1 saturated carbocycles. The van der Waals surface area contributed by atoms with Crippen LogP contribution in [0.4, 0.5) is 0 Å². The summed E-state index contributed by atoms with van der Waals surface area (Å²) < 4.78 is 49.0. The standard InChI is InChI=1S/C33H50O11/c1-16(2)18-8-10-30(4)12-20-19(9-11-32(20,36)15-38-7)17(3)24(34)26(23(18)30)41-28-25(35)27-33(22(40-28)13-37-6)43-29(42-27)31(5,44-33)21-14-39-21/h12,16-17,19,21-22,24-29,34-36H,8-11,13-15H2,1-7H3/t17-,19+,21+,22+,24-,25-,26+,27-,28-,29-,30+,31-,32+,33+/m1/s1. The largest absolute Gasteiger partial charge is 0.390 e. The van der Waals surface area contributed by atoms with Crippen LogP contribution in [0.5, 0.6) is 0 Å². The normalized spacial score (nSPS) is 52.9. The van der Waals surface area contributed by atoms with Crippen LogP contribution in [0.2, 0.25) is 0 Å². The number of hydrogen-bond acceptors (Lipinski definition) is 11. The molecule has 1 spiro atoms. The molecule has 11 nitrogen and oxygen atoms in total. The van der Waals surface area contributed by atoms with Gasteiger partial charge in [0.25, 0.3) is 0 Å². The summed E-state index contributed by atoms with van der Waals surface area (Å²) in [5.41, 5.74) is 0.814. The molecule has 248 valence electrons. The first-order valence-electron chi connectivity index (χ1n) is 16.3. The molecular weight excluding hydrogens is 572 g/mol. The van der Waals surface area contributed by atoms with Crippen molar-refractivity contribution in [1.82, 2.24) is 0 Å². The molecular formula is C33H50O11. The third-order valence-corrected chi connectivity index (χ3v) is 11.7. The number of aliphatic hydroxyl groups excluding tert-OH is 2. The summed E-state index contributed by atoms with van der Waals surface area (Å²) in [6.45, 7) is 11.3. The average Bonchev–Trinajstić information content (AvgIpc) is 3.48. The summed E-state index contributed by atoms with van der Waals surface area (Å²) in [6, 6.07) is 0.